The van der Waals surface area contributed by atoms with E-state index in [-0.39, 0.29) is 17.1 Å². The Labute approximate surface area is 242 Å². The van der Waals surface area contributed by atoms with Gasteiger partial charge in [-0.15, -0.1) is 0 Å². The average molecular weight is 559 g/mol. The monoisotopic (exact) mass is 558 g/mol. The number of hydrogen-bond acceptors (Lipinski definition) is 5. The molecule has 0 bridgehead atoms. The summed E-state index contributed by atoms with van der Waals surface area (Å²) in [5.41, 5.74) is 8.06. The number of anilines is 2. The van der Waals surface area contributed by atoms with Crippen LogP contribution in [0.5, 0.6) is 0 Å². The molecule has 0 spiro atoms. The van der Waals surface area contributed by atoms with Gasteiger partial charge in [0.15, 0.2) is 8.32 Å². The zero-order valence-corrected chi connectivity index (χ0v) is 26.6. The Hall–Kier alpha value is -2.96. The minimum atomic E-state index is -1.83. The van der Waals surface area contributed by atoms with Crippen molar-refractivity contribution in [2.24, 2.45) is 0 Å². The minimum absolute atomic E-state index is 0.0799. The molecule has 1 aliphatic rings. The zero-order chi connectivity index (χ0) is 29.1. The molecule has 1 heterocycles. The number of esters is 1. The summed E-state index contributed by atoms with van der Waals surface area (Å²) in [6.45, 7) is 13.6. The first-order chi connectivity index (χ1) is 18.9. The molecule has 0 radical (unpaired) electrons. The van der Waals surface area contributed by atoms with Crippen LogP contribution in [0.4, 0.5) is 11.4 Å². The third-order valence-electron chi connectivity index (χ3n) is 9.05. The summed E-state index contributed by atoms with van der Waals surface area (Å²) < 4.78 is 11.6. The molecule has 4 rings (SSSR count). The fraction of sp³-hybridized carbons (Fsp3) is 0.471. The molecular weight excluding hydrogens is 512 g/mol. The Morgan fingerprint density at radius 1 is 1.10 bits per heavy atom. The van der Waals surface area contributed by atoms with E-state index in [2.05, 4.69) is 100 Å². The maximum absolute atomic E-state index is 12.2. The van der Waals surface area contributed by atoms with E-state index >= 15 is 0 Å². The molecule has 1 unspecified atom stereocenters. The smallest absolute Gasteiger partial charge is 0.338 e. The molecule has 0 amide bonds. The van der Waals surface area contributed by atoms with E-state index in [0.717, 1.165) is 24.8 Å². The lowest BCUT2D eigenvalue weighted by Gasteiger charge is -2.38. The molecule has 0 saturated heterocycles. The van der Waals surface area contributed by atoms with Gasteiger partial charge in [0.1, 0.15) is 0 Å². The van der Waals surface area contributed by atoms with Crippen molar-refractivity contribution in [2.75, 3.05) is 19.1 Å². The molecular formula is C34H46N2O3Si. The third-order valence-corrected chi connectivity index (χ3v) is 13.6. The van der Waals surface area contributed by atoms with Gasteiger partial charge in [0.05, 0.1) is 18.8 Å². The fourth-order valence-electron chi connectivity index (χ4n) is 5.48. The second-order valence-corrected chi connectivity index (χ2v) is 17.5. The van der Waals surface area contributed by atoms with Crippen LogP contribution >= 0.6 is 0 Å². The topological polar surface area (TPSA) is 51.7 Å². The quantitative estimate of drug-likeness (QED) is 0.194. The van der Waals surface area contributed by atoms with Crippen LogP contribution in [0, 0.1) is 0 Å². The second kappa shape index (κ2) is 12.3. The number of rotatable bonds is 9. The highest BCUT2D eigenvalue weighted by atomic mass is 28.4. The van der Waals surface area contributed by atoms with Crippen molar-refractivity contribution in [2.45, 2.75) is 90.0 Å². The van der Waals surface area contributed by atoms with Crippen LogP contribution in [0.15, 0.2) is 60.9 Å². The number of aromatic nitrogens is 1. The predicted molar refractivity (Wildman–Crippen MR) is 167 cm³/mol. The number of carbonyl (C=O) groups is 1. The third kappa shape index (κ3) is 6.67. The molecule has 2 aromatic carbocycles. The summed E-state index contributed by atoms with van der Waals surface area (Å²) >= 11 is 0. The van der Waals surface area contributed by atoms with E-state index in [0.29, 0.717) is 11.5 Å². The Kier molecular flexibility index (Phi) is 9.21. The molecule has 0 fully saturated rings. The number of methoxy groups -OCH3 is 1. The molecule has 1 aliphatic carbocycles. The van der Waals surface area contributed by atoms with Crippen LogP contribution in [0.3, 0.4) is 0 Å². The van der Waals surface area contributed by atoms with E-state index in [1.165, 1.54) is 48.0 Å². The van der Waals surface area contributed by atoms with Crippen LogP contribution < -0.4 is 4.90 Å². The number of pyridine rings is 1. The van der Waals surface area contributed by atoms with Gasteiger partial charge in [-0.25, -0.2) is 4.79 Å². The van der Waals surface area contributed by atoms with Crippen molar-refractivity contribution in [3.05, 3.63) is 88.7 Å². The Morgan fingerprint density at radius 3 is 2.48 bits per heavy atom. The summed E-state index contributed by atoms with van der Waals surface area (Å²) in [6.07, 6.45) is 8.81. The molecule has 1 aromatic heterocycles. The first-order valence-electron chi connectivity index (χ1n) is 14.6. The molecule has 3 aromatic rings. The van der Waals surface area contributed by atoms with E-state index in [1.54, 1.807) is 18.5 Å². The van der Waals surface area contributed by atoms with E-state index in [4.69, 9.17) is 9.16 Å². The minimum Gasteiger partial charge on any atom is -0.465 e. The number of benzene rings is 2. The predicted octanol–water partition coefficient (Wildman–Crippen LogP) is 8.77. The maximum atomic E-state index is 12.2. The normalized spacial score (nSPS) is 16.2. The first kappa shape index (κ1) is 30.0. The first-order valence-corrected chi connectivity index (χ1v) is 17.5. The van der Waals surface area contributed by atoms with Crippen LogP contribution in [0.25, 0.3) is 0 Å². The van der Waals surface area contributed by atoms with Gasteiger partial charge in [-0.2, -0.15) is 0 Å². The standard InChI is InChI=1S/C34H46N2O3Si/c1-24(39-40(7,8)34(2,3)4)25-14-16-29(17-15-25)36(5)30-18-19-31-26(10-9-11-27(31)22-30)12-13-28-23-35-21-20-32(28)33(37)38-6/h14-24,26H,9-13H2,1-8H3/t24?,26-/m0/s1. The van der Waals surface area contributed by atoms with Crippen molar-refractivity contribution in [3.8, 4) is 0 Å². The van der Waals surface area contributed by atoms with Gasteiger partial charge in [-0.05, 0) is 116 Å². The summed E-state index contributed by atoms with van der Waals surface area (Å²) in [6, 6.07) is 17.5. The maximum Gasteiger partial charge on any atom is 0.338 e. The zero-order valence-electron chi connectivity index (χ0n) is 25.6. The molecule has 6 heteroatoms. The summed E-state index contributed by atoms with van der Waals surface area (Å²) in [7, 11) is 1.74. The van der Waals surface area contributed by atoms with Gasteiger partial charge in [0.2, 0.25) is 0 Å². The Bertz CT molecular complexity index is 1310. The summed E-state index contributed by atoms with van der Waals surface area (Å²) in [5.74, 6) is 0.190. The average Bonchev–Trinajstić information content (AvgIpc) is 2.94. The lowest BCUT2D eigenvalue weighted by molar-refractivity contribution is 0.0599. The Morgan fingerprint density at radius 2 is 1.80 bits per heavy atom. The van der Waals surface area contributed by atoms with Gasteiger partial charge in [0, 0.05) is 30.8 Å². The fourth-order valence-corrected chi connectivity index (χ4v) is 6.85. The summed E-state index contributed by atoms with van der Waals surface area (Å²) in [4.78, 5) is 18.7. The van der Waals surface area contributed by atoms with Gasteiger partial charge in [-0.3, -0.25) is 4.98 Å². The highest BCUT2D eigenvalue weighted by Crippen LogP contribution is 2.40. The highest BCUT2D eigenvalue weighted by Gasteiger charge is 2.38. The van der Waals surface area contributed by atoms with Crippen LogP contribution in [-0.2, 0) is 22.0 Å². The molecule has 5 nitrogen and oxygen atoms in total. The number of nitrogens with zero attached hydrogens (tertiary/aromatic N) is 2. The van der Waals surface area contributed by atoms with Gasteiger partial charge >= 0.3 is 5.97 Å². The lowest BCUT2D eigenvalue weighted by atomic mass is 9.79. The largest absolute Gasteiger partial charge is 0.465 e. The van der Waals surface area contributed by atoms with Gasteiger partial charge < -0.3 is 14.1 Å². The van der Waals surface area contributed by atoms with Crippen molar-refractivity contribution in [3.63, 3.8) is 0 Å². The number of aryl methyl sites for hydroxylation is 2. The SMILES string of the molecule is COC(=O)c1ccncc1CC[C@@H]1CCCc2cc(N(C)c3ccc(C(C)O[Si](C)(C)C(C)(C)C)cc3)ccc21. The van der Waals surface area contributed by atoms with Gasteiger partial charge in [-0.1, -0.05) is 39.0 Å². The van der Waals surface area contributed by atoms with E-state index in [1.807, 2.05) is 0 Å². The number of carbonyl (C=O) groups excluding carboxylic acids is 1. The van der Waals surface area contributed by atoms with Crippen LogP contribution in [0.1, 0.15) is 91.6 Å². The van der Waals surface area contributed by atoms with E-state index in [9.17, 15) is 4.79 Å². The Balaban J connectivity index is 1.45. The lowest BCUT2D eigenvalue weighted by Crippen LogP contribution is -2.41. The van der Waals surface area contributed by atoms with Crippen molar-refractivity contribution in [1.29, 1.82) is 0 Å². The van der Waals surface area contributed by atoms with Crippen molar-refractivity contribution < 1.29 is 14.0 Å². The molecule has 40 heavy (non-hydrogen) atoms. The number of hydrogen-bond donors (Lipinski definition) is 0. The molecule has 2 atom stereocenters. The van der Waals surface area contributed by atoms with Crippen molar-refractivity contribution in [1.82, 2.24) is 4.98 Å². The highest BCUT2D eigenvalue weighted by molar-refractivity contribution is 6.74. The number of fused-ring (bicyclic) bond motifs is 1. The molecule has 0 aliphatic heterocycles. The summed E-state index contributed by atoms with van der Waals surface area (Å²) in [5, 5.41) is 0.192. The van der Waals surface area contributed by atoms with Crippen LogP contribution in [-0.4, -0.2) is 33.4 Å². The number of ether oxygens (including phenoxy) is 1. The van der Waals surface area contributed by atoms with E-state index < -0.39 is 8.32 Å². The molecule has 214 valence electrons. The van der Waals surface area contributed by atoms with Gasteiger partial charge in [0.25, 0.3) is 0 Å². The molecule has 0 N–H and O–H groups in total. The van der Waals surface area contributed by atoms with Crippen molar-refractivity contribution >= 4 is 25.7 Å². The second-order valence-electron chi connectivity index (χ2n) is 12.7. The molecule has 0 saturated carbocycles. The van der Waals surface area contributed by atoms with Crippen LogP contribution in [0.2, 0.25) is 18.1 Å².